The van der Waals surface area contributed by atoms with Gasteiger partial charge >= 0.3 is 6.36 Å². The van der Waals surface area contributed by atoms with Crippen molar-refractivity contribution in [1.82, 2.24) is 15.1 Å². The van der Waals surface area contributed by atoms with Crippen LogP contribution in [0.2, 0.25) is 0 Å². The fourth-order valence-electron chi connectivity index (χ4n) is 6.87. The lowest BCUT2D eigenvalue weighted by molar-refractivity contribution is -0.274. The van der Waals surface area contributed by atoms with E-state index in [2.05, 4.69) is 15.0 Å². The number of carbonyl (C=O) groups excluding carboxylic acids is 2. The van der Waals surface area contributed by atoms with Crippen molar-refractivity contribution in [2.24, 2.45) is 23.5 Å². The molecule has 212 valence electrons. The number of hydrogen-bond acceptors (Lipinski definition) is 5. The molecule has 7 nitrogen and oxygen atoms in total. The molecule has 2 amide bonds. The Morgan fingerprint density at radius 2 is 1.84 bits per heavy atom. The summed E-state index contributed by atoms with van der Waals surface area (Å²) >= 11 is 0. The van der Waals surface area contributed by atoms with Gasteiger partial charge in [0.1, 0.15) is 11.3 Å². The number of likely N-dealkylation sites (tertiary alicyclic amines) is 2. The summed E-state index contributed by atoms with van der Waals surface area (Å²) in [6, 6.07) is 6.18. The van der Waals surface area contributed by atoms with Gasteiger partial charge in [0.05, 0.1) is 5.92 Å². The second kappa shape index (κ2) is 11.8. The molecule has 1 aliphatic carbocycles. The van der Waals surface area contributed by atoms with E-state index in [0.717, 1.165) is 63.6 Å². The first-order valence-corrected chi connectivity index (χ1v) is 13.9. The number of amides is 2. The third-order valence-electron chi connectivity index (χ3n) is 9.12. The number of piperidine rings is 1. The van der Waals surface area contributed by atoms with Gasteiger partial charge in [-0.25, -0.2) is 0 Å². The molecule has 0 bridgehead atoms. The zero-order valence-corrected chi connectivity index (χ0v) is 22.4. The van der Waals surface area contributed by atoms with E-state index in [-0.39, 0.29) is 23.6 Å². The highest BCUT2D eigenvalue weighted by molar-refractivity contribution is 5.93. The Balaban J connectivity index is 1.45. The van der Waals surface area contributed by atoms with E-state index in [0.29, 0.717) is 25.4 Å². The van der Waals surface area contributed by atoms with Crippen molar-refractivity contribution in [1.29, 1.82) is 0 Å². The normalized spacial score (nSPS) is 25.4. The van der Waals surface area contributed by atoms with Crippen LogP contribution in [0.5, 0.6) is 5.75 Å². The van der Waals surface area contributed by atoms with E-state index < -0.39 is 23.7 Å². The van der Waals surface area contributed by atoms with Crippen LogP contribution in [-0.2, 0) is 16.0 Å². The Labute approximate surface area is 223 Å². The molecule has 0 spiro atoms. The molecule has 2 heterocycles. The molecule has 3 N–H and O–H groups in total. The van der Waals surface area contributed by atoms with Crippen molar-refractivity contribution >= 4 is 11.8 Å². The molecule has 10 heteroatoms. The highest BCUT2D eigenvalue weighted by Gasteiger charge is 2.51. The number of benzene rings is 1. The van der Waals surface area contributed by atoms with E-state index in [9.17, 15) is 22.8 Å². The number of nitrogens with two attached hydrogens (primary N) is 1. The van der Waals surface area contributed by atoms with Gasteiger partial charge in [0.2, 0.25) is 11.8 Å². The molecule has 2 aliphatic heterocycles. The Morgan fingerprint density at radius 1 is 1.13 bits per heavy atom. The van der Waals surface area contributed by atoms with Gasteiger partial charge in [-0.3, -0.25) is 9.59 Å². The fraction of sp³-hybridized carbons (Fsp3) is 0.714. The molecule has 1 saturated carbocycles. The topological polar surface area (TPSA) is 87.9 Å². The maximum atomic E-state index is 14.2. The minimum Gasteiger partial charge on any atom is -0.406 e. The number of nitrogens with zero attached hydrogens (tertiary/aromatic N) is 2. The van der Waals surface area contributed by atoms with Crippen molar-refractivity contribution in [3.8, 4) is 5.75 Å². The molecule has 3 fully saturated rings. The van der Waals surface area contributed by atoms with Gasteiger partial charge < -0.3 is 25.6 Å². The van der Waals surface area contributed by atoms with Crippen molar-refractivity contribution in [3.63, 3.8) is 0 Å². The minimum absolute atomic E-state index is 0.0268. The van der Waals surface area contributed by atoms with E-state index >= 15 is 0 Å². The molecule has 4 rings (SSSR count). The van der Waals surface area contributed by atoms with Crippen molar-refractivity contribution in [3.05, 3.63) is 29.8 Å². The summed E-state index contributed by atoms with van der Waals surface area (Å²) in [6.07, 6.45) is 2.91. The number of primary amides is 1. The van der Waals surface area contributed by atoms with Crippen molar-refractivity contribution < 1.29 is 27.5 Å². The van der Waals surface area contributed by atoms with Crippen LogP contribution in [0.15, 0.2) is 24.3 Å². The Kier molecular flexibility index (Phi) is 8.92. The molecule has 2 saturated heterocycles. The second-order valence-corrected chi connectivity index (χ2v) is 11.4. The largest absolute Gasteiger partial charge is 0.573 e. The molecular formula is C28H41F3N4O3. The summed E-state index contributed by atoms with van der Waals surface area (Å²) in [5.41, 5.74) is 5.53. The summed E-state index contributed by atoms with van der Waals surface area (Å²) in [5.74, 6) is -0.653. The number of rotatable bonds is 9. The predicted octanol–water partition coefficient (Wildman–Crippen LogP) is 3.71. The summed E-state index contributed by atoms with van der Waals surface area (Å²) < 4.78 is 41.9. The lowest BCUT2D eigenvalue weighted by Gasteiger charge is -2.44. The number of alkyl halides is 3. The highest BCUT2D eigenvalue weighted by Crippen LogP contribution is 2.40. The lowest BCUT2D eigenvalue weighted by Crippen LogP contribution is -2.64. The first-order valence-electron chi connectivity index (χ1n) is 13.9. The zero-order valence-electron chi connectivity index (χ0n) is 22.4. The maximum Gasteiger partial charge on any atom is 0.573 e. The van der Waals surface area contributed by atoms with E-state index in [1.54, 1.807) is 26.1 Å². The third kappa shape index (κ3) is 6.45. The van der Waals surface area contributed by atoms with Gasteiger partial charge in [-0.05, 0) is 82.2 Å². The summed E-state index contributed by atoms with van der Waals surface area (Å²) in [4.78, 5) is 31.1. The average Bonchev–Trinajstić information content (AvgIpc) is 3.30. The van der Waals surface area contributed by atoms with Crippen LogP contribution < -0.4 is 15.8 Å². The van der Waals surface area contributed by atoms with Gasteiger partial charge in [-0.1, -0.05) is 31.4 Å². The Morgan fingerprint density at radius 3 is 2.50 bits per heavy atom. The summed E-state index contributed by atoms with van der Waals surface area (Å²) in [7, 11) is 1.71. The van der Waals surface area contributed by atoms with Crippen LogP contribution in [0.3, 0.4) is 0 Å². The van der Waals surface area contributed by atoms with Crippen molar-refractivity contribution in [2.45, 2.75) is 76.2 Å². The number of carbonyl (C=O) groups is 2. The number of fused-ring (bicyclic) bond motifs is 1. The van der Waals surface area contributed by atoms with Crippen LogP contribution in [0.1, 0.15) is 57.4 Å². The Hall–Kier alpha value is -2.33. The molecule has 0 radical (unpaired) electrons. The molecule has 0 aromatic heterocycles. The van der Waals surface area contributed by atoms with Crippen LogP contribution in [-0.4, -0.2) is 72.8 Å². The molecule has 4 atom stereocenters. The lowest BCUT2D eigenvalue weighted by atomic mass is 9.69. The van der Waals surface area contributed by atoms with E-state index in [1.165, 1.54) is 12.1 Å². The molecule has 1 aromatic rings. The van der Waals surface area contributed by atoms with Gasteiger partial charge in [0, 0.05) is 25.7 Å². The first-order chi connectivity index (χ1) is 18.0. The molecule has 1 aromatic carbocycles. The number of likely N-dealkylation sites (N-methyl/N-ethyl adjacent to an activating group) is 1. The van der Waals surface area contributed by atoms with Gasteiger partial charge in [-0.2, -0.15) is 0 Å². The quantitative estimate of drug-likeness (QED) is 0.501. The van der Waals surface area contributed by atoms with Crippen molar-refractivity contribution in [2.75, 3.05) is 33.2 Å². The molecular weight excluding hydrogens is 497 g/mol. The van der Waals surface area contributed by atoms with E-state index in [1.807, 2.05) is 4.90 Å². The third-order valence-corrected chi connectivity index (χ3v) is 9.12. The second-order valence-electron chi connectivity index (χ2n) is 11.4. The highest BCUT2D eigenvalue weighted by atomic mass is 19.4. The smallest absolute Gasteiger partial charge is 0.406 e. The Bertz CT molecular complexity index is 984. The molecule has 1 unspecified atom stereocenters. The minimum atomic E-state index is -4.72. The monoisotopic (exact) mass is 538 g/mol. The van der Waals surface area contributed by atoms with Crippen LogP contribution in [0.4, 0.5) is 13.2 Å². The number of halogens is 3. The van der Waals surface area contributed by atoms with Gasteiger partial charge in [0.25, 0.3) is 0 Å². The van der Waals surface area contributed by atoms with Crippen LogP contribution in [0.25, 0.3) is 0 Å². The number of ether oxygens (including phenoxy) is 1. The average molecular weight is 539 g/mol. The summed E-state index contributed by atoms with van der Waals surface area (Å²) in [5, 5.41) is 3.10. The summed E-state index contributed by atoms with van der Waals surface area (Å²) in [6.45, 7) is 4.75. The maximum absolute atomic E-state index is 14.2. The number of hydrogen-bond donors (Lipinski definition) is 2. The fourth-order valence-corrected chi connectivity index (χ4v) is 6.87. The van der Waals surface area contributed by atoms with Gasteiger partial charge in [-0.15, -0.1) is 13.2 Å². The van der Waals surface area contributed by atoms with Crippen LogP contribution >= 0.6 is 0 Å². The van der Waals surface area contributed by atoms with E-state index in [4.69, 9.17) is 5.73 Å². The first kappa shape index (κ1) is 28.7. The molecule has 3 aliphatic rings. The molecule has 38 heavy (non-hydrogen) atoms. The standard InChI is InChI=1S/C28H41F3N4O3/c1-27(33-2,26(32)37)24(21-8-4-3-5-9-21)25(36)35-16-13-20-12-15-34(18-23(20)35)14-11-19-7-6-10-22(17-19)38-28(29,30)31/h6-7,10,17,20-21,23-24,33H,3-5,8-9,11-16,18H2,1-2H3,(H2,32,37)/t20-,23-,24-,27?/m1/s1. The number of nitrogens with one attached hydrogen (secondary N) is 1. The van der Waals surface area contributed by atoms with Crippen LogP contribution in [0, 0.1) is 17.8 Å². The predicted molar refractivity (Wildman–Crippen MR) is 138 cm³/mol. The van der Waals surface area contributed by atoms with Gasteiger partial charge in [0.15, 0.2) is 0 Å². The zero-order chi connectivity index (χ0) is 27.5. The SMILES string of the molecule is CNC(C)(C(N)=O)[C@@H](C(=O)N1CC[C@H]2CCN(CCc3cccc(OC(F)(F)F)c3)C[C@H]21)C1CCCCC1.